The van der Waals surface area contributed by atoms with Gasteiger partial charge >= 0.3 is 0 Å². The topological polar surface area (TPSA) is 49.4 Å². The molecule has 1 aromatic carbocycles. The largest absolute Gasteiger partial charge is 0.352 e. The molecule has 0 saturated carbocycles. The molecular formula is C17H24N2O2. The number of nitrogens with one attached hydrogen (secondary N) is 1. The van der Waals surface area contributed by atoms with Crippen LogP contribution in [0.3, 0.4) is 0 Å². The predicted molar refractivity (Wildman–Crippen MR) is 83.2 cm³/mol. The number of amides is 2. The number of piperazine rings is 1. The van der Waals surface area contributed by atoms with Gasteiger partial charge in [-0.2, -0.15) is 0 Å². The smallest absolute Gasteiger partial charge is 0.254 e. The van der Waals surface area contributed by atoms with Gasteiger partial charge in [0, 0.05) is 18.7 Å². The van der Waals surface area contributed by atoms with E-state index in [1.54, 1.807) is 18.7 Å². The maximum Gasteiger partial charge on any atom is 0.254 e. The van der Waals surface area contributed by atoms with Crippen LogP contribution in [0.4, 0.5) is 0 Å². The average molecular weight is 288 g/mol. The second kappa shape index (κ2) is 6.29. The van der Waals surface area contributed by atoms with Crippen molar-refractivity contribution in [3.63, 3.8) is 0 Å². The third-order valence-corrected chi connectivity index (χ3v) is 4.12. The normalized spacial score (nSPS) is 17.5. The highest BCUT2D eigenvalue weighted by molar-refractivity contribution is 5.99. The molecule has 0 atom stereocenters. The van der Waals surface area contributed by atoms with Gasteiger partial charge < -0.3 is 10.2 Å². The molecule has 1 aliphatic heterocycles. The minimum atomic E-state index is -0.795. The quantitative estimate of drug-likeness (QED) is 0.924. The van der Waals surface area contributed by atoms with Crippen LogP contribution >= 0.6 is 0 Å². The molecule has 4 nitrogen and oxygen atoms in total. The van der Waals surface area contributed by atoms with Crippen molar-refractivity contribution in [1.29, 1.82) is 0 Å². The van der Waals surface area contributed by atoms with Crippen LogP contribution in [0.15, 0.2) is 24.3 Å². The molecule has 0 spiro atoms. The summed E-state index contributed by atoms with van der Waals surface area (Å²) in [6, 6.07) is 7.77. The number of carbonyl (C=O) groups is 2. The van der Waals surface area contributed by atoms with E-state index in [1.807, 2.05) is 24.3 Å². The molecule has 114 valence electrons. The summed E-state index contributed by atoms with van der Waals surface area (Å²) in [7, 11) is 0. The van der Waals surface area contributed by atoms with E-state index >= 15 is 0 Å². The van der Waals surface area contributed by atoms with Crippen molar-refractivity contribution in [2.45, 2.75) is 45.6 Å². The summed E-state index contributed by atoms with van der Waals surface area (Å²) >= 11 is 0. The van der Waals surface area contributed by atoms with Crippen molar-refractivity contribution in [2.24, 2.45) is 0 Å². The fourth-order valence-corrected chi connectivity index (χ4v) is 2.61. The third kappa shape index (κ3) is 3.26. The molecule has 1 saturated heterocycles. The lowest BCUT2D eigenvalue weighted by Gasteiger charge is -2.41. The number of aryl methyl sites for hydroxylation is 1. The summed E-state index contributed by atoms with van der Waals surface area (Å²) in [5.74, 6) is -0.168. The van der Waals surface area contributed by atoms with Crippen LogP contribution in [0.25, 0.3) is 0 Å². The Hall–Kier alpha value is -1.84. The van der Waals surface area contributed by atoms with Crippen molar-refractivity contribution in [1.82, 2.24) is 10.2 Å². The lowest BCUT2D eigenvalue weighted by molar-refractivity contribution is -0.133. The van der Waals surface area contributed by atoms with Gasteiger partial charge in [-0.05, 0) is 44.4 Å². The maximum atomic E-state index is 12.6. The van der Waals surface area contributed by atoms with Crippen LogP contribution in [0, 0.1) is 0 Å². The van der Waals surface area contributed by atoms with Gasteiger partial charge in [0.15, 0.2) is 0 Å². The zero-order valence-corrected chi connectivity index (χ0v) is 13.1. The molecule has 0 bridgehead atoms. The lowest BCUT2D eigenvalue weighted by Crippen LogP contribution is -2.63. The summed E-state index contributed by atoms with van der Waals surface area (Å²) in [5.41, 5.74) is 1.11. The first-order valence-corrected chi connectivity index (χ1v) is 7.66. The van der Waals surface area contributed by atoms with Gasteiger partial charge in [0.25, 0.3) is 5.91 Å². The van der Waals surface area contributed by atoms with E-state index in [2.05, 4.69) is 12.2 Å². The number of carbonyl (C=O) groups excluding carboxylic acids is 2. The molecule has 1 N–H and O–H groups in total. The van der Waals surface area contributed by atoms with E-state index in [9.17, 15) is 9.59 Å². The Labute approximate surface area is 126 Å². The Balaban J connectivity index is 2.14. The molecule has 1 heterocycles. The highest BCUT2D eigenvalue weighted by Crippen LogP contribution is 2.21. The minimum Gasteiger partial charge on any atom is -0.352 e. The number of nitrogens with zero attached hydrogens (tertiary/aromatic N) is 1. The summed E-state index contributed by atoms with van der Waals surface area (Å²) in [6.45, 7) is 6.81. The number of hydrogen-bond acceptors (Lipinski definition) is 2. The van der Waals surface area contributed by atoms with E-state index in [4.69, 9.17) is 0 Å². The SMILES string of the molecule is CCCCc1ccc(C(=O)N2CCNC(=O)C2(C)C)cc1. The third-order valence-electron chi connectivity index (χ3n) is 4.12. The van der Waals surface area contributed by atoms with Gasteiger partial charge in [0.05, 0.1) is 0 Å². The number of rotatable bonds is 4. The molecule has 0 aromatic heterocycles. The summed E-state index contributed by atoms with van der Waals surface area (Å²) < 4.78 is 0. The number of hydrogen-bond donors (Lipinski definition) is 1. The molecule has 0 aliphatic carbocycles. The van der Waals surface area contributed by atoms with Crippen LogP contribution in [-0.2, 0) is 11.2 Å². The molecule has 2 rings (SSSR count). The van der Waals surface area contributed by atoms with Crippen LogP contribution in [-0.4, -0.2) is 35.3 Å². The summed E-state index contributed by atoms with van der Waals surface area (Å²) in [5, 5.41) is 2.81. The fourth-order valence-electron chi connectivity index (χ4n) is 2.61. The molecule has 1 fully saturated rings. The maximum absolute atomic E-state index is 12.6. The second-order valence-electron chi connectivity index (χ2n) is 6.07. The van der Waals surface area contributed by atoms with Gasteiger partial charge in [-0.25, -0.2) is 0 Å². The Morgan fingerprint density at radius 2 is 1.95 bits per heavy atom. The van der Waals surface area contributed by atoms with Crippen molar-refractivity contribution >= 4 is 11.8 Å². The molecular weight excluding hydrogens is 264 g/mol. The van der Waals surface area contributed by atoms with Crippen LogP contribution in [0.5, 0.6) is 0 Å². The van der Waals surface area contributed by atoms with Gasteiger partial charge in [-0.1, -0.05) is 25.5 Å². The Bertz CT molecular complexity index is 520. The molecule has 1 aromatic rings. The van der Waals surface area contributed by atoms with E-state index in [0.717, 1.165) is 19.3 Å². The van der Waals surface area contributed by atoms with Gasteiger partial charge in [-0.15, -0.1) is 0 Å². The predicted octanol–water partition coefficient (Wildman–Crippen LogP) is 2.38. The molecule has 4 heteroatoms. The standard InChI is InChI=1S/C17H24N2O2/c1-4-5-6-13-7-9-14(10-8-13)15(20)19-12-11-18-16(21)17(19,2)3/h7-10H,4-6,11-12H2,1-3H3,(H,18,21). The van der Waals surface area contributed by atoms with Crippen molar-refractivity contribution in [2.75, 3.05) is 13.1 Å². The zero-order chi connectivity index (χ0) is 15.5. The first kappa shape index (κ1) is 15.5. The number of benzene rings is 1. The highest BCUT2D eigenvalue weighted by atomic mass is 16.2. The van der Waals surface area contributed by atoms with Crippen LogP contribution < -0.4 is 5.32 Å². The Morgan fingerprint density at radius 3 is 2.57 bits per heavy atom. The van der Waals surface area contributed by atoms with Gasteiger partial charge in [-0.3, -0.25) is 9.59 Å². The van der Waals surface area contributed by atoms with Crippen molar-refractivity contribution in [3.8, 4) is 0 Å². The van der Waals surface area contributed by atoms with Crippen molar-refractivity contribution < 1.29 is 9.59 Å². The lowest BCUT2D eigenvalue weighted by atomic mass is 9.97. The Kier molecular flexibility index (Phi) is 4.66. The molecule has 0 unspecified atom stereocenters. The van der Waals surface area contributed by atoms with Crippen molar-refractivity contribution in [3.05, 3.63) is 35.4 Å². The zero-order valence-electron chi connectivity index (χ0n) is 13.1. The minimum absolute atomic E-state index is 0.0723. The molecule has 1 aliphatic rings. The summed E-state index contributed by atoms with van der Waals surface area (Å²) in [4.78, 5) is 26.2. The average Bonchev–Trinajstić information content (AvgIpc) is 2.48. The van der Waals surface area contributed by atoms with Gasteiger partial charge in [0.2, 0.25) is 5.91 Å². The monoisotopic (exact) mass is 288 g/mol. The van der Waals surface area contributed by atoms with Crippen LogP contribution in [0.2, 0.25) is 0 Å². The molecule has 2 amide bonds. The highest BCUT2D eigenvalue weighted by Gasteiger charge is 2.40. The fraction of sp³-hybridized carbons (Fsp3) is 0.529. The van der Waals surface area contributed by atoms with E-state index < -0.39 is 5.54 Å². The van der Waals surface area contributed by atoms with Gasteiger partial charge in [0.1, 0.15) is 5.54 Å². The van der Waals surface area contributed by atoms with E-state index in [1.165, 1.54) is 5.56 Å². The molecule has 21 heavy (non-hydrogen) atoms. The Morgan fingerprint density at radius 1 is 1.29 bits per heavy atom. The second-order valence-corrected chi connectivity index (χ2v) is 6.07. The summed E-state index contributed by atoms with van der Waals surface area (Å²) in [6.07, 6.45) is 3.37. The first-order valence-electron chi connectivity index (χ1n) is 7.66. The van der Waals surface area contributed by atoms with E-state index in [0.29, 0.717) is 18.7 Å². The number of unbranched alkanes of at least 4 members (excludes halogenated alkanes) is 1. The first-order chi connectivity index (χ1) is 9.96. The van der Waals surface area contributed by atoms with E-state index in [-0.39, 0.29) is 11.8 Å². The molecule has 0 radical (unpaired) electrons. The van der Waals surface area contributed by atoms with Crippen LogP contribution in [0.1, 0.15) is 49.5 Å².